The van der Waals surface area contributed by atoms with E-state index in [9.17, 15) is 14.4 Å². The van der Waals surface area contributed by atoms with Crippen LogP contribution in [0.2, 0.25) is 0 Å². The number of amides is 2. The fourth-order valence-corrected chi connectivity index (χ4v) is 3.85. The van der Waals surface area contributed by atoms with Crippen molar-refractivity contribution in [2.75, 3.05) is 0 Å². The lowest BCUT2D eigenvalue weighted by atomic mass is 9.81. The van der Waals surface area contributed by atoms with E-state index in [4.69, 9.17) is 9.94 Å². The van der Waals surface area contributed by atoms with Crippen LogP contribution in [0.3, 0.4) is 0 Å². The number of hydrogen-bond donors (Lipinski definition) is 3. The lowest BCUT2D eigenvalue weighted by Crippen LogP contribution is -2.51. The van der Waals surface area contributed by atoms with Crippen LogP contribution in [0.5, 0.6) is 0 Å². The van der Waals surface area contributed by atoms with Gasteiger partial charge < -0.3 is 10.1 Å². The van der Waals surface area contributed by atoms with Crippen molar-refractivity contribution in [3.8, 4) is 0 Å². The Kier molecular flexibility index (Phi) is 10.9. The van der Waals surface area contributed by atoms with Crippen LogP contribution in [0.15, 0.2) is 12.7 Å². The number of carbonyl (C=O) groups excluding carboxylic acids is 3. The lowest BCUT2D eigenvalue weighted by Gasteiger charge is -2.29. The van der Waals surface area contributed by atoms with E-state index in [0.29, 0.717) is 12.8 Å². The van der Waals surface area contributed by atoms with Gasteiger partial charge in [0.05, 0.1) is 11.8 Å². The Hall–Kier alpha value is -1.89. The highest BCUT2D eigenvalue weighted by Crippen LogP contribution is 2.26. The minimum absolute atomic E-state index is 0.0777. The molecule has 7 heteroatoms. The van der Waals surface area contributed by atoms with E-state index < -0.39 is 29.8 Å². The Morgan fingerprint density at radius 3 is 2.24 bits per heavy atom. The fourth-order valence-electron chi connectivity index (χ4n) is 3.85. The van der Waals surface area contributed by atoms with Crippen molar-refractivity contribution in [1.29, 1.82) is 0 Å². The molecule has 0 aliphatic heterocycles. The van der Waals surface area contributed by atoms with Gasteiger partial charge in [0.2, 0.25) is 11.8 Å². The average Bonchev–Trinajstić information content (AvgIpc) is 3.19. The molecule has 0 aromatic carbocycles. The van der Waals surface area contributed by atoms with Crippen LogP contribution < -0.4 is 10.8 Å². The highest BCUT2D eigenvalue weighted by atomic mass is 16.5. The maximum Gasteiger partial charge on any atom is 0.329 e. The van der Waals surface area contributed by atoms with E-state index in [1.165, 1.54) is 0 Å². The van der Waals surface area contributed by atoms with Crippen LogP contribution in [0.1, 0.15) is 72.6 Å². The van der Waals surface area contributed by atoms with E-state index >= 15 is 0 Å². The highest BCUT2D eigenvalue weighted by molar-refractivity contribution is 5.90. The summed E-state index contributed by atoms with van der Waals surface area (Å²) in [5.74, 6) is -2.81. The summed E-state index contributed by atoms with van der Waals surface area (Å²) in [7, 11) is 0. The van der Waals surface area contributed by atoms with Gasteiger partial charge in [0, 0.05) is 0 Å². The molecular weight excluding hydrogens is 372 g/mol. The maximum absolute atomic E-state index is 13.2. The van der Waals surface area contributed by atoms with Crippen molar-refractivity contribution in [3.63, 3.8) is 0 Å². The summed E-state index contributed by atoms with van der Waals surface area (Å²) >= 11 is 0. The molecule has 1 rings (SSSR count). The summed E-state index contributed by atoms with van der Waals surface area (Å²) in [5, 5.41) is 12.0. The number of carbonyl (C=O) groups is 3. The first kappa shape index (κ1) is 25.1. The molecule has 2 amide bonds. The number of esters is 1. The van der Waals surface area contributed by atoms with Gasteiger partial charge in [0.1, 0.15) is 12.1 Å². The molecule has 7 nitrogen and oxygen atoms in total. The summed E-state index contributed by atoms with van der Waals surface area (Å²) in [5.41, 5.74) is 1.66. The average molecular weight is 411 g/mol. The van der Waals surface area contributed by atoms with Crippen molar-refractivity contribution >= 4 is 17.8 Å². The maximum atomic E-state index is 13.2. The van der Waals surface area contributed by atoms with Crippen LogP contribution in [0.4, 0.5) is 0 Å². The molecule has 0 radical (unpaired) electrons. The highest BCUT2D eigenvalue weighted by Gasteiger charge is 2.37. The largest absolute Gasteiger partial charge is 0.461 e. The van der Waals surface area contributed by atoms with Gasteiger partial charge in [-0.2, -0.15) is 0 Å². The first-order valence-corrected chi connectivity index (χ1v) is 10.8. The summed E-state index contributed by atoms with van der Waals surface area (Å²) < 4.78 is 5.65. The predicted molar refractivity (Wildman–Crippen MR) is 111 cm³/mol. The third kappa shape index (κ3) is 7.80. The lowest BCUT2D eigenvalue weighted by molar-refractivity contribution is -0.155. The third-order valence-electron chi connectivity index (χ3n) is 5.77. The topological polar surface area (TPSA) is 105 Å². The zero-order valence-corrected chi connectivity index (χ0v) is 18.3. The molecule has 1 fully saturated rings. The number of rotatable bonds is 12. The van der Waals surface area contributed by atoms with Gasteiger partial charge in [-0.05, 0) is 50.4 Å². The molecule has 0 saturated heterocycles. The van der Waals surface area contributed by atoms with E-state index in [1.54, 1.807) is 11.6 Å². The number of ether oxygens (including phenoxy) is 1. The summed E-state index contributed by atoms with van der Waals surface area (Å²) in [4.78, 5) is 38.2. The normalized spacial score (nSPS) is 18.6. The Labute approximate surface area is 174 Å². The molecule has 0 bridgehead atoms. The molecule has 166 valence electrons. The molecule has 1 aliphatic carbocycles. The van der Waals surface area contributed by atoms with E-state index in [-0.39, 0.29) is 30.3 Å². The monoisotopic (exact) mass is 410 g/mol. The van der Waals surface area contributed by atoms with Gasteiger partial charge >= 0.3 is 5.97 Å². The second-order valence-electron chi connectivity index (χ2n) is 8.56. The molecular formula is C22H38N2O5. The van der Waals surface area contributed by atoms with Crippen molar-refractivity contribution in [2.24, 2.45) is 23.7 Å². The standard InChI is InChI=1S/C22H38N2O5/c1-6-10-17(21(26)24-28)18(13-14(3)4)20(25)23-19(15(5)7-2)22(27)29-16-11-8-9-12-16/h6,14-19,28H,1,7-13H2,2-5H3,(H,23,25)(H,24,26)/t15?,17-,18+,19?/m0/s1. The number of nitrogens with one attached hydrogen (secondary N) is 2. The minimum Gasteiger partial charge on any atom is -0.461 e. The SMILES string of the molecule is C=CC[C@H](C(=O)NO)[C@@H](CC(C)C)C(=O)NC(C(=O)OC1CCCC1)C(C)CC. The second-order valence-corrected chi connectivity index (χ2v) is 8.56. The Morgan fingerprint density at radius 1 is 1.14 bits per heavy atom. The zero-order chi connectivity index (χ0) is 22.0. The van der Waals surface area contributed by atoms with Crippen LogP contribution in [-0.2, 0) is 19.1 Å². The van der Waals surface area contributed by atoms with Crippen LogP contribution in [0, 0.1) is 23.7 Å². The molecule has 1 aliphatic rings. The smallest absolute Gasteiger partial charge is 0.329 e. The number of allylic oxidation sites excluding steroid dienone is 1. The quantitative estimate of drug-likeness (QED) is 0.198. The molecule has 0 heterocycles. The van der Waals surface area contributed by atoms with E-state index in [1.807, 2.05) is 27.7 Å². The Bertz CT molecular complexity index is 557. The van der Waals surface area contributed by atoms with Crippen LogP contribution in [-0.4, -0.2) is 35.1 Å². The van der Waals surface area contributed by atoms with E-state index in [0.717, 1.165) is 25.7 Å². The predicted octanol–water partition coefficient (Wildman–Crippen LogP) is 3.36. The van der Waals surface area contributed by atoms with Crippen molar-refractivity contribution in [2.45, 2.75) is 84.8 Å². The van der Waals surface area contributed by atoms with Gasteiger partial charge in [0.25, 0.3) is 0 Å². The molecule has 0 aromatic rings. The van der Waals surface area contributed by atoms with Crippen molar-refractivity contribution < 1.29 is 24.3 Å². The second kappa shape index (κ2) is 12.6. The van der Waals surface area contributed by atoms with Crippen LogP contribution in [0.25, 0.3) is 0 Å². The minimum atomic E-state index is -0.761. The molecule has 0 aromatic heterocycles. The van der Waals surface area contributed by atoms with Crippen molar-refractivity contribution in [1.82, 2.24) is 10.8 Å². The fraction of sp³-hybridized carbons (Fsp3) is 0.773. The van der Waals surface area contributed by atoms with E-state index in [2.05, 4.69) is 11.9 Å². The van der Waals surface area contributed by atoms with Gasteiger partial charge in [-0.3, -0.25) is 14.8 Å². The molecule has 1 saturated carbocycles. The number of hydroxylamine groups is 1. The molecule has 4 atom stereocenters. The molecule has 3 N–H and O–H groups in total. The summed E-state index contributed by atoms with van der Waals surface area (Å²) in [6, 6.07) is -0.760. The summed E-state index contributed by atoms with van der Waals surface area (Å²) in [6.07, 6.45) is 6.70. The zero-order valence-electron chi connectivity index (χ0n) is 18.3. The molecule has 29 heavy (non-hydrogen) atoms. The third-order valence-corrected chi connectivity index (χ3v) is 5.77. The molecule has 2 unspecified atom stereocenters. The van der Waals surface area contributed by atoms with Gasteiger partial charge in [-0.25, -0.2) is 10.3 Å². The van der Waals surface area contributed by atoms with Crippen molar-refractivity contribution in [3.05, 3.63) is 12.7 Å². The summed E-state index contributed by atoms with van der Waals surface area (Å²) in [6.45, 7) is 11.4. The first-order valence-electron chi connectivity index (χ1n) is 10.8. The van der Waals surface area contributed by atoms with Gasteiger partial charge in [0.15, 0.2) is 0 Å². The molecule has 0 spiro atoms. The Morgan fingerprint density at radius 2 is 1.76 bits per heavy atom. The Balaban J connectivity index is 3.01. The van der Waals surface area contributed by atoms with Crippen LogP contribution >= 0.6 is 0 Å². The first-order chi connectivity index (χ1) is 13.7. The number of hydrogen-bond acceptors (Lipinski definition) is 5. The van der Waals surface area contributed by atoms with Gasteiger partial charge in [-0.1, -0.05) is 40.2 Å². The van der Waals surface area contributed by atoms with Gasteiger partial charge in [-0.15, -0.1) is 6.58 Å².